The van der Waals surface area contributed by atoms with Crippen LogP contribution < -0.4 is 4.90 Å². The maximum atomic E-state index is 10.5. The number of rotatable bonds is 5. The molecule has 0 unspecified atom stereocenters. The Morgan fingerprint density at radius 2 is 2.33 bits per heavy atom. The third-order valence-corrected chi connectivity index (χ3v) is 2.65. The van der Waals surface area contributed by atoms with E-state index in [1.807, 2.05) is 12.1 Å². The third kappa shape index (κ3) is 2.35. The van der Waals surface area contributed by atoms with Gasteiger partial charge in [0.05, 0.1) is 0 Å². The highest BCUT2D eigenvalue weighted by atomic mass is 16.1. The first kappa shape index (κ1) is 10.1. The molecule has 1 fully saturated rings. The number of hydrogen-bond donors (Lipinski definition) is 0. The zero-order chi connectivity index (χ0) is 10.7. The van der Waals surface area contributed by atoms with E-state index < -0.39 is 0 Å². The molecule has 0 spiro atoms. The van der Waals surface area contributed by atoms with Gasteiger partial charge in [-0.2, -0.15) is 0 Å². The van der Waals surface area contributed by atoms with Gasteiger partial charge in [-0.25, -0.2) is 4.98 Å². The van der Waals surface area contributed by atoms with Crippen LogP contribution in [0.4, 0.5) is 5.82 Å². The zero-order valence-corrected chi connectivity index (χ0v) is 9.02. The van der Waals surface area contributed by atoms with Gasteiger partial charge in [0.15, 0.2) is 6.29 Å². The molecule has 1 aromatic rings. The van der Waals surface area contributed by atoms with E-state index in [0.29, 0.717) is 11.6 Å². The van der Waals surface area contributed by atoms with Crippen LogP contribution >= 0.6 is 0 Å². The Balaban J connectivity index is 2.14. The van der Waals surface area contributed by atoms with E-state index in [9.17, 15) is 4.79 Å². The molecule has 1 aliphatic carbocycles. The molecule has 1 saturated carbocycles. The van der Waals surface area contributed by atoms with Gasteiger partial charge in [-0.3, -0.25) is 4.79 Å². The summed E-state index contributed by atoms with van der Waals surface area (Å²) in [5.74, 6) is 1.00. The van der Waals surface area contributed by atoms with Crippen LogP contribution in [0.2, 0.25) is 0 Å². The van der Waals surface area contributed by atoms with Crippen molar-refractivity contribution in [1.82, 2.24) is 4.98 Å². The largest absolute Gasteiger partial charge is 0.354 e. The van der Waals surface area contributed by atoms with E-state index in [0.717, 1.165) is 25.1 Å². The van der Waals surface area contributed by atoms with Crippen LogP contribution in [-0.2, 0) is 0 Å². The van der Waals surface area contributed by atoms with Crippen molar-refractivity contribution in [3.05, 3.63) is 23.9 Å². The minimum atomic E-state index is 0.644. The summed E-state index contributed by atoms with van der Waals surface area (Å²) in [4.78, 5) is 17.2. The van der Waals surface area contributed by atoms with Gasteiger partial charge in [0.2, 0.25) is 0 Å². The van der Waals surface area contributed by atoms with Gasteiger partial charge in [-0.15, -0.1) is 0 Å². The summed E-state index contributed by atoms with van der Waals surface area (Å²) in [5, 5.41) is 0. The fraction of sp³-hybridized carbons (Fsp3) is 0.500. The number of hydrogen-bond acceptors (Lipinski definition) is 3. The van der Waals surface area contributed by atoms with Crippen LogP contribution in [0, 0.1) is 0 Å². The maximum absolute atomic E-state index is 10.5. The highest BCUT2D eigenvalue weighted by Crippen LogP contribution is 2.30. The quantitative estimate of drug-likeness (QED) is 0.690. The summed E-state index contributed by atoms with van der Waals surface area (Å²) in [7, 11) is 0. The molecule has 0 amide bonds. The van der Waals surface area contributed by atoms with Crippen molar-refractivity contribution in [2.75, 3.05) is 11.4 Å². The predicted octanol–water partition coefficient (Wildman–Crippen LogP) is 2.27. The van der Waals surface area contributed by atoms with Gasteiger partial charge in [-0.1, -0.05) is 6.92 Å². The Bertz CT molecular complexity index is 330. The van der Waals surface area contributed by atoms with Crippen LogP contribution in [0.15, 0.2) is 18.3 Å². The Hall–Kier alpha value is -1.38. The van der Waals surface area contributed by atoms with Crippen LogP contribution in [0.5, 0.6) is 0 Å². The molecule has 0 aromatic carbocycles. The average Bonchev–Trinajstić information content (AvgIpc) is 3.10. The molecule has 80 valence electrons. The lowest BCUT2D eigenvalue weighted by molar-refractivity contribution is 0.112. The van der Waals surface area contributed by atoms with E-state index in [1.54, 1.807) is 6.20 Å². The first-order valence-electron chi connectivity index (χ1n) is 5.53. The predicted molar refractivity (Wildman–Crippen MR) is 60.3 cm³/mol. The molecule has 0 radical (unpaired) electrons. The summed E-state index contributed by atoms with van der Waals surface area (Å²) in [6.45, 7) is 3.23. The molecule has 1 aliphatic rings. The van der Waals surface area contributed by atoms with E-state index >= 15 is 0 Å². The molecular formula is C12H16N2O. The molecule has 3 heteroatoms. The Labute approximate surface area is 90.1 Å². The first-order chi connectivity index (χ1) is 7.35. The first-order valence-corrected chi connectivity index (χ1v) is 5.53. The molecule has 0 saturated heterocycles. The van der Waals surface area contributed by atoms with Crippen molar-refractivity contribution >= 4 is 12.1 Å². The molecule has 2 rings (SSSR count). The van der Waals surface area contributed by atoms with Crippen LogP contribution in [-0.4, -0.2) is 23.9 Å². The summed E-state index contributed by atoms with van der Waals surface area (Å²) in [6.07, 6.45) is 6.16. The topological polar surface area (TPSA) is 33.2 Å². The minimum absolute atomic E-state index is 0.644. The van der Waals surface area contributed by atoms with Crippen LogP contribution in [0.3, 0.4) is 0 Å². The number of anilines is 1. The van der Waals surface area contributed by atoms with Crippen molar-refractivity contribution in [3.8, 4) is 0 Å². The van der Waals surface area contributed by atoms with Crippen LogP contribution in [0.1, 0.15) is 36.5 Å². The molecule has 0 N–H and O–H groups in total. The summed E-state index contributed by atoms with van der Waals surface area (Å²) in [6, 6.07) is 4.46. The lowest BCUT2D eigenvalue weighted by Crippen LogP contribution is -2.27. The summed E-state index contributed by atoms with van der Waals surface area (Å²) >= 11 is 0. The standard InChI is InChI=1S/C12H16N2O/c1-2-7-14(11-4-5-11)12-6-3-10(9-15)8-13-12/h3,6,8-9,11H,2,4-5,7H2,1H3. The van der Waals surface area contributed by atoms with Gasteiger partial charge in [0, 0.05) is 24.3 Å². The molecule has 3 nitrogen and oxygen atoms in total. The highest BCUT2D eigenvalue weighted by molar-refractivity contribution is 5.74. The second-order valence-electron chi connectivity index (χ2n) is 3.99. The fourth-order valence-electron chi connectivity index (χ4n) is 1.75. The fourth-order valence-corrected chi connectivity index (χ4v) is 1.75. The minimum Gasteiger partial charge on any atom is -0.354 e. The SMILES string of the molecule is CCCN(c1ccc(C=O)cn1)C1CC1. The molecule has 15 heavy (non-hydrogen) atoms. The lowest BCUT2D eigenvalue weighted by atomic mass is 10.3. The van der Waals surface area contributed by atoms with Crippen molar-refractivity contribution < 1.29 is 4.79 Å². The Morgan fingerprint density at radius 1 is 1.53 bits per heavy atom. The van der Waals surface area contributed by atoms with E-state index in [2.05, 4.69) is 16.8 Å². The van der Waals surface area contributed by atoms with Crippen molar-refractivity contribution in [3.63, 3.8) is 0 Å². The van der Waals surface area contributed by atoms with E-state index in [-0.39, 0.29) is 0 Å². The molecule has 1 heterocycles. The number of pyridine rings is 1. The normalized spacial score (nSPS) is 15.0. The summed E-state index contributed by atoms with van der Waals surface area (Å²) in [5.41, 5.74) is 0.644. The Kier molecular flexibility index (Phi) is 2.99. The third-order valence-electron chi connectivity index (χ3n) is 2.65. The van der Waals surface area contributed by atoms with Crippen molar-refractivity contribution in [1.29, 1.82) is 0 Å². The van der Waals surface area contributed by atoms with Gasteiger partial charge < -0.3 is 4.90 Å². The second-order valence-corrected chi connectivity index (χ2v) is 3.99. The molecule has 0 aliphatic heterocycles. The van der Waals surface area contributed by atoms with Crippen molar-refractivity contribution in [2.24, 2.45) is 0 Å². The number of carbonyl (C=O) groups is 1. The summed E-state index contributed by atoms with van der Waals surface area (Å²) < 4.78 is 0. The van der Waals surface area contributed by atoms with Crippen molar-refractivity contribution in [2.45, 2.75) is 32.2 Å². The molecule has 0 atom stereocenters. The van der Waals surface area contributed by atoms with Gasteiger partial charge in [0.25, 0.3) is 0 Å². The van der Waals surface area contributed by atoms with E-state index in [1.165, 1.54) is 12.8 Å². The van der Waals surface area contributed by atoms with Crippen LogP contribution in [0.25, 0.3) is 0 Å². The van der Waals surface area contributed by atoms with Gasteiger partial charge in [0.1, 0.15) is 5.82 Å². The molecule has 0 bridgehead atoms. The number of nitrogens with zero attached hydrogens (tertiary/aromatic N) is 2. The molecular weight excluding hydrogens is 188 g/mol. The number of aldehydes is 1. The second kappa shape index (κ2) is 4.43. The molecule has 1 aromatic heterocycles. The maximum Gasteiger partial charge on any atom is 0.151 e. The van der Waals surface area contributed by atoms with Gasteiger partial charge >= 0.3 is 0 Å². The number of aromatic nitrogens is 1. The zero-order valence-electron chi connectivity index (χ0n) is 9.02. The number of carbonyl (C=O) groups excluding carboxylic acids is 1. The van der Waals surface area contributed by atoms with Gasteiger partial charge in [-0.05, 0) is 31.4 Å². The smallest absolute Gasteiger partial charge is 0.151 e. The Morgan fingerprint density at radius 3 is 2.80 bits per heavy atom. The highest BCUT2D eigenvalue weighted by Gasteiger charge is 2.29. The van der Waals surface area contributed by atoms with E-state index in [4.69, 9.17) is 0 Å². The lowest BCUT2D eigenvalue weighted by Gasteiger charge is -2.22. The average molecular weight is 204 g/mol. The monoisotopic (exact) mass is 204 g/mol.